The zero-order chi connectivity index (χ0) is 11.8. The van der Waals surface area contributed by atoms with Gasteiger partial charge >= 0.3 is 0 Å². The smallest absolute Gasteiger partial charge is 0.238 e. The lowest BCUT2D eigenvalue weighted by molar-refractivity contribution is -0.127. The monoisotopic (exact) mass is 237 g/mol. The Hall–Kier alpha value is -1.10. The second-order valence-electron chi connectivity index (χ2n) is 5.47. The highest BCUT2D eigenvalue weighted by atomic mass is 16.2. The molecule has 0 unspecified atom stereocenters. The summed E-state index contributed by atoms with van der Waals surface area (Å²) in [6, 6.07) is 0.460. The van der Waals surface area contributed by atoms with Gasteiger partial charge in [0.1, 0.15) is 0 Å². The zero-order valence-electron chi connectivity index (χ0n) is 10.0. The molecule has 3 rings (SSSR count). The van der Waals surface area contributed by atoms with Crippen LogP contribution in [0, 0.1) is 5.92 Å². The van der Waals surface area contributed by atoms with Gasteiger partial charge in [-0.1, -0.05) is 0 Å². The molecule has 94 valence electrons. The molecule has 1 N–H and O–H groups in total. The van der Waals surface area contributed by atoms with Gasteiger partial charge in [0.2, 0.25) is 11.8 Å². The number of nitrogens with zero attached hydrogens (tertiary/aromatic N) is 2. The first-order chi connectivity index (χ1) is 8.22. The average Bonchev–Trinajstić information content (AvgIpc) is 3.17. The van der Waals surface area contributed by atoms with Gasteiger partial charge in [-0.2, -0.15) is 0 Å². The number of hydrogen-bond donors (Lipinski definition) is 1. The van der Waals surface area contributed by atoms with Crippen LogP contribution >= 0.6 is 0 Å². The molecule has 0 aromatic heterocycles. The largest absolute Gasteiger partial charge is 0.355 e. The van der Waals surface area contributed by atoms with Crippen molar-refractivity contribution in [3.63, 3.8) is 0 Å². The molecule has 1 aliphatic heterocycles. The fraction of sp³-hybridized carbons (Fsp3) is 0.833. The van der Waals surface area contributed by atoms with Crippen molar-refractivity contribution < 1.29 is 9.59 Å². The van der Waals surface area contributed by atoms with E-state index in [4.69, 9.17) is 0 Å². The maximum Gasteiger partial charge on any atom is 0.238 e. The molecular formula is C12H19N3O2. The van der Waals surface area contributed by atoms with Crippen molar-refractivity contribution in [3.8, 4) is 0 Å². The van der Waals surface area contributed by atoms with Crippen LogP contribution in [0.4, 0.5) is 0 Å². The molecule has 17 heavy (non-hydrogen) atoms. The molecule has 1 heterocycles. The summed E-state index contributed by atoms with van der Waals surface area (Å²) in [7, 11) is 0. The molecule has 0 aromatic rings. The predicted molar refractivity (Wildman–Crippen MR) is 62.0 cm³/mol. The first-order valence-corrected chi connectivity index (χ1v) is 6.51. The lowest BCUT2D eigenvalue weighted by atomic mass is 10.4. The van der Waals surface area contributed by atoms with Gasteiger partial charge in [-0.25, -0.2) is 0 Å². The summed E-state index contributed by atoms with van der Waals surface area (Å²) >= 11 is 0. The SMILES string of the molecule is O=C(CN1CC(=O)N(C2CC2)C1)NCC1CC1. The standard InChI is InChI=1S/C12H19N3O2/c16-11(13-5-9-1-2-9)6-14-7-12(17)15(8-14)10-3-4-10/h9-10H,1-8H2,(H,13,16). The molecule has 2 aliphatic carbocycles. The van der Waals surface area contributed by atoms with Gasteiger partial charge in [-0.05, 0) is 31.6 Å². The summed E-state index contributed by atoms with van der Waals surface area (Å²) in [4.78, 5) is 27.2. The Morgan fingerprint density at radius 2 is 2.06 bits per heavy atom. The maximum absolute atomic E-state index is 11.7. The van der Waals surface area contributed by atoms with Gasteiger partial charge < -0.3 is 10.2 Å². The minimum Gasteiger partial charge on any atom is -0.355 e. The molecule has 3 aliphatic rings. The summed E-state index contributed by atoms with van der Waals surface area (Å²) in [5.74, 6) is 0.951. The van der Waals surface area contributed by atoms with Crippen molar-refractivity contribution in [2.75, 3.05) is 26.3 Å². The lowest BCUT2D eigenvalue weighted by Gasteiger charge is -2.17. The Morgan fingerprint density at radius 3 is 2.71 bits per heavy atom. The molecule has 3 fully saturated rings. The van der Waals surface area contributed by atoms with Crippen LogP contribution in [0.5, 0.6) is 0 Å². The van der Waals surface area contributed by atoms with E-state index in [2.05, 4.69) is 5.32 Å². The van der Waals surface area contributed by atoms with Crippen molar-refractivity contribution >= 4 is 11.8 Å². The normalized spacial score (nSPS) is 25.4. The van der Waals surface area contributed by atoms with Crippen molar-refractivity contribution in [1.82, 2.24) is 15.1 Å². The minimum atomic E-state index is 0.0577. The Labute approximate surface area is 101 Å². The van der Waals surface area contributed by atoms with Crippen LogP contribution in [0.15, 0.2) is 0 Å². The van der Waals surface area contributed by atoms with E-state index in [1.165, 1.54) is 12.8 Å². The van der Waals surface area contributed by atoms with Crippen molar-refractivity contribution in [1.29, 1.82) is 0 Å². The second kappa shape index (κ2) is 4.29. The quantitative estimate of drug-likeness (QED) is 0.719. The molecular weight excluding hydrogens is 218 g/mol. The van der Waals surface area contributed by atoms with E-state index in [0.29, 0.717) is 31.7 Å². The molecule has 0 radical (unpaired) electrons. The van der Waals surface area contributed by atoms with Crippen LogP contribution in [-0.4, -0.2) is 54.0 Å². The fourth-order valence-corrected chi connectivity index (χ4v) is 2.28. The zero-order valence-corrected chi connectivity index (χ0v) is 10.0. The van der Waals surface area contributed by atoms with Crippen molar-refractivity contribution in [2.45, 2.75) is 31.7 Å². The Bertz CT molecular complexity index is 337. The number of carbonyl (C=O) groups excluding carboxylic acids is 2. The number of hydrogen-bond acceptors (Lipinski definition) is 3. The number of nitrogens with one attached hydrogen (secondary N) is 1. The first-order valence-electron chi connectivity index (χ1n) is 6.51. The van der Waals surface area contributed by atoms with Crippen LogP contribution in [0.2, 0.25) is 0 Å². The van der Waals surface area contributed by atoms with Gasteiger partial charge in [-0.3, -0.25) is 14.5 Å². The molecule has 5 nitrogen and oxygen atoms in total. The molecule has 0 aromatic carbocycles. The Morgan fingerprint density at radius 1 is 1.29 bits per heavy atom. The first kappa shape index (κ1) is 11.0. The highest BCUT2D eigenvalue weighted by molar-refractivity contribution is 5.83. The summed E-state index contributed by atoms with van der Waals surface area (Å²) in [6.07, 6.45) is 4.76. The third kappa shape index (κ3) is 2.77. The van der Waals surface area contributed by atoms with Crippen molar-refractivity contribution in [2.24, 2.45) is 5.92 Å². The van der Waals surface area contributed by atoms with Crippen LogP contribution < -0.4 is 5.32 Å². The third-order valence-corrected chi connectivity index (χ3v) is 3.67. The van der Waals surface area contributed by atoms with E-state index in [1.807, 2.05) is 9.80 Å². The van der Waals surface area contributed by atoms with Crippen LogP contribution in [-0.2, 0) is 9.59 Å². The molecule has 0 bridgehead atoms. The average molecular weight is 237 g/mol. The number of amides is 2. The molecule has 1 saturated heterocycles. The van der Waals surface area contributed by atoms with E-state index < -0.39 is 0 Å². The molecule has 0 atom stereocenters. The van der Waals surface area contributed by atoms with Crippen LogP contribution in [0.1, 0.15) is 25.7 Å². The minimum absolute atomic E-state index is 0.0577. The topological polar surface area (TPSA) is 52.7 Å². The van der Waals surface area contributed by atoms with Gasteiger partial charge in [0, 0.05) is 12.6 Å². The molecule has 2 saturated carbocycles. The van der Waals surface area contributed by atoms with E-state index in [-0.39, 0.29) is 11.8 Å². The van der Waals surface area contributed by atoms with Crippen LogP contribution in [0.25, 0.3) is 0 Å². The van der Waals surface area contributed by atoms with Crippen LogP contribution in [0.3, 0.4) is 0 Å². The van der Waals surface area contributed by atoms with Gasteiger partial charge in [0.25, 0.3) is 0 Å². The van der Waals surface area contributed by atoms with Gasteiger partial charge in [0.15, 0.2) is 0 Å². The summed E-state index contributed by atoms with van der Waals surface area (Å²) in [5, 5.41) is 2.94. The highest BCUT2D eigenvalue weighted by Gasteiger charge is 2.38. The fourth-order valence-electron chi connectivity index (χ4n) is 2.28. The maximum atomic E-state index is 11.7. The summed E-state index contributed by atoms with van der Waals surface area (Å²) < 4.78 is 0. The van der Waals surface area contributed by atoms with E-state index >= 15 is 0 Å². The third-order valence-electron chi connectivity index (χ3n) is 3.67. The predicted octanol–water partition coefficient (Wildman–Crippen LogP) is -0.223. The lowest BCUT2D eigenvalue weighted by Crippen LogP contribution is -2.38. The molecule has 2 amide bonds. The molecule has 5 heteroatoms. The second-order valence-corrected chi connectivity index (χ2v) is 5.47. The number of carbonyl (C=O) groups is 2. The number of rotatable bonds is 5. The van der Waals surface area contributed by atoms with E-state index in [1.54, 1.807) is 0 Å². The van der Waals surface area contributed by atoms with Gasteiger partial charge in [0.05, 0.1) is 19.8 Å². The summed E-state index contributed by atoms with van der Waals surface area (Å²) in [5.41, 5.74) is 0. The van der Waals surface area contributed by atoms with E-state index in [0.717, 1.165) is 19.4 Å². The van der Waals surface area contributed by atoms with E-state index in [9.17, 15) is 9.59 Å². The van der Waals surface area contributed by atoms with Gasteiger partial charge in [-0.15, -0.1) is 0 Å². The Balaban J connectivity index is 1.42. The highest BCUT2D eigenvalue weighted by Crippen LogP contribution is 2.29. The van der Waals surface area contributed by atoms with Crippen molar-refractivity contribution in [3.05, 3.63) is 0 Å². The Kier molecular flexibility index (Phi) is 2.78. The summed E-state index contributed by atoms with van der Waals surface area (Å²) in [6.45, 7) is 2.22. The molecule has 0 spiro atoms.